The number of carbonyl (C=O) groups excluding carboxylic acids is 1. The number of hydrazine groups is 1. The van der Waals surface area contributed by atoms with E-state index in [9.17, 15) is 14.2 Å². The maximum absolute atomic E-state index is 14.5. The molecule has 126 valence electrons. The summed E-state index contributed by atoms with van der Waals surface area (Å²) in [5.74, 6) is -1.29. The van der Waals surface area contributed by atoms with E-state index in [2.05, 4.69) is 38.5 Å². The monoisotopic (exact) mass is 322 g/mol. The molecule has 0 saturated heterocycles. The summed E-state index contributed by atoms with van der Waals surface area (Å²) in [5.41, 5.74) is 6.07. The van der Waals surface area contributed by atoms with Gasteiger partial charge in [0.15, 0.2) is 0 Å². The fourth-order valence-corrected chi connectivity index (χ4v) is 2.68. The molecule has 0 radical (unpaired) electrons. The second kappa shape index (κ2) is 6.99. The molecular formula is C16H24BFN2O3. The van der Waals surface area contributed by atoms with E-state index in [1.807, 2.05) is 0 Å². The molecule has 1 amide bonds. The molecule has 0 fully saturated rings. The van der Waals surface area contributed by atoms with Gasteiger partial charge in [0, 0.05) is 11.5 Å². The minimum Gasteiger partial charge on any atom is -0.423 e. The Morgan fingerprint density at radius 3 is 2.78 bits per heavy atom. The van der Waals surface area contributed by atoms with Gasteiger partial charge in [-0.3, -0.25) is 10.2 Å². The summed E-state index contributed by atoms with van der Waals surface area (Å²) in [6.45, 7) is 8.46. The van der Waals surface area contributed by atoms with Crippen molar-refractivity contribution in [3.05, 3.63) is 29.1 Å². The van der Waals surface area contributed by atoms with Crippen molar-refractivity contribution in [2.24, 2.45) is 5.41 Å². The summed E-state index contributed by atoms with van der Waals surface area (Å²) in [5, 5.41) is 9.65. The first-order chi connectivity index (χ1) is 10.8. The van der Waals surface area contributed by atoms with Crippen LogP contribution in [0.15, 0.2) is 12.1 Å². The van der Waals surface area contributed by atoms with Crippen molar-refractivity contribution < 1.29 is 18.9 Å². The van der Waals surface area contributed by atoms with Gasteiger partial charge in [-0.25, -0.2) is 9.82 Å². The van der Waals surface area contributed by atoms with Crippen LogP contribution < -0.4 is 16.3 Å². The van der Waals surface area contributed by atoms with Crippen LogP contribution in [0.2, 0.25) is 0 Å². The zero-order valence-electron chi connectivity index (χ0n) is 14.1. The number of hydrogen-bond acceptors (Lipinski definition) is 4. The van der Waals surface area contributed by atoms with Crippen molar-refractivity contribution in [1.29, 1.82) is 0 Å². The lowest BCUT2D eigenvalue weighted by atomic mass is 9.78. The first kappa shape index (κ1) is 17.9. The normalized spacial score (nSPS) is 15.5. The van der Waals surface area contributed by atoms with Gasteiger partial charge in [0.2, 0.25) is 0 Å². The molecule has 1 aliphatic rings. The number of fused-ring (bicyclic) bond motifs is 1. The Bertz CT molecular complexity index is 589. The van der Waals surface area contributed by atoms with Gasteiger partial charge < -0.3 is 9.68 Å². The van der Waals surface area contributed by atoms with Gasteiger partial charge in [-0.1, -0.05) is 40.2 Å². The average Bonchev–Trinajstić information content (AvgIpc) is 2.84. The lowest BCUT2D eigenvalue weighted by Gasteiger charge is -2.31. The molecular weight excluding hydrogens is 298 g/mol. The minimum atomic E-state index is -1.31. The molecule has 7 heteroatoms. The number of hydrogen-bond donors (Lipinski definition) is 3. The predicted octanol–water partition coefficient (Wildman–Crippen LogP) is 1.49. The van der Waals surface area contributed by atoms with Crippen molar-refractivity contribution in [3.63, 3.8) is 0 Å². The van der Waals surface area contributed by atoms with Gasteiger partial charge in [0.1, 0.15) is 5.82 Å². The first-order valence-electron chi connectivity index (χ1n) is 7.92. The lowest BCUT2D eigenvalue weighted by molar-refractivity contribution is 0.0900. The zero-order valence-corrected chi connectivity index (χ0v) is 14.1. The molecule has 1 unspecified atom stereocenters. The Hall–Kier alpha value is -1.44. The van der Waals surface area contributed by atoms with Crippen molar-refractivity contribution in [3.8, 4) is 0 Å². The van der Waals surface area contributed by atoms with E-state index in [-0.39, 0.29) is 29.1 Å². The molecule has 2 rings (SSSR count). The van der Waals surface area contributed by atoms with Crippen LogP contribution in [-0.4, -0.2) is 24.1 Å². The summed E-state index contributed by atoms with van der Waals surface area (Å²) in [7, 11) is -1.31. The molecule has 0 aromatic heterocycles. The van der Waals surface area contributed by atoms with Crippen molar-refractivity contribution >= 4 is 18.5 Å². The third-order valence-electron chi connectivity index (χ3n) is 4.14. The molecule has 23 heavy (non-hydrogen) atoms. The van der Waals surface area contributed by atoms with E-state index in [1.54, 1.807) is 6.07 Å². The van der Waals surface area contributed by atoms with Gasteiger partial charge in [-0.05, 0) is 23.5 Å². The highest BCUT2D eigenvalue weighted by atomic mass is 19.1. The van der Waals surface area contributed by atoms with Crippen LogP contribution in [0.5, 0.6) is 0 Å². The summed E-state index contributed by atoms with van der Waals surface area (Å²) in [4.78, 5) is 12.3. The smallest absolute Gasteiger partial charge is 0.423 e. The maximum atomic E-state index is 14.5. The number of benzene rings is 1. The standard InChI is InChI=1S/C16H24BFN2O3/c1-5-6-12(16(2,3)4)19-20-15(21)11-8-7-10-9-23-17(22)13(10)14(11)18/h7-8,12,19,22H,5-6,9H2,1-4H3,(H,20,21). The van der Waals surface area contributed by atoms with Gasteiger partial charge in [0.05, 0.1) is 12.2 Å². The minimum absolute atomic E-state index is 0.0379. The van der Waals surface area contributed by atoms with Crippen LogP contribution in [-0.2, 0) is 11.3 Å². The fourth-order valence-electron chi connectivity index (χ4n) is 2.68. The number of halogens is 1. The number of carbonyl (C=O) groups is 1. The number of nitrogens with one attached hydrogen (secondary N) is 2. The van der Waals surface area contributed by atoms with E-state index >= 15 is 0 Å². The second-order valence-corrected chi connectivity index (χ2v) is 6.97. The Labute approximate surface area is 136 Å². The largest absolute Gasteiger partial charge is 0.494 e. The van der Waals surface area contributed by atoms with Crippen LogP contribution in [0.1, 0.15) is 56.5 Å². The molecule has 0 aliphatic carbocycles. The molecule has 1 atom stereocenters. The number of amides is 1. The van der Waals surface area contributed by atoms with E-state index in [4.69, 9.17) is 4.65 Å². The molecule has 1 aliphatic heterocycles. The second-order valence-electron chi connectivity index (χ2n) is 6.97. The Morgan fingerprint density at radius 1 is 1.48 bits per heavy atom. The molecule has 1 aromatic carbocycles. The molecule has 1 aromatic rings. The molecule has 0 spiro atoms. The zero-order chi connectivity index (χ0) is 17.2. The highest BCUT2D eigenvalue weighted by Crippen LogP contribution is 2.22. The van der Waals surface area contributed by atoms with E-state index in [1.165, 1.54) is 6.07 Å². The lowest BCUT2D eigenvalue weighted by Crippen LogP contribution is -2.50. The fraction of sp³-hybridized carbons (Fsp3) is 0.562. The van der Waals surface area contributed by atoms with Crippen LogP contribution in [0, 0.1) is 11.2 Å². The van der Waals surface area contributed by atoms with Gasteiger partial charge in [-0.2, -0.15) is 0 Å². The third-order valence-corrected chi connectivity index (χ3v) is 4.14. The van der Waals surface area contributed by atoms with Crippen molar-refractivity contribution in [1.82, 2.24) is 10.9 Å². The highest BCUT2D eigenvalue weighted by Gasteiger charge is 2.33. The number of rotatable bonds is 5. The van der Waals surface area contributed by atoms with Crippen LogP contribution >= 0.6 is 0 Å². The highest BCUT2D eigenvalue weighted by molar-refractivity contribution is 6.61. The predicted molar refractivity (Wildman–Crippen MR) is 87.5 cm³/mol. The SMILES string of the molecule is CCCC(NNC(=O)c1ccc2c(c1F)B(O)OC2)C(C)(C)C. The Balaban J connectivity index is 2.11. The summed E-state index contributed by atoms with van der Waals surface area (Å²) in [6.07, 6.45) is 1.87. The van der Waals surface area contributed by atoms with Gasteiger partial charge in [0.25, 0.3) is 5.91 Å². The van der Waals surface area contributed by atoms with E-state index < -0.39 is 18.8 Å². The Morgan fingerprint density at radius 2 is 2.17 bits per heavy atom. The molecule has 0 bridgehead atoms. The average molecular weight is 322 g/mol. The van der Waals surface area contributed by atoms with E-state index in [0.29, 0.717) is 5.56 Å². The van der Waals surface area contributed by atoms with Crippen LogP contribution in [0.25, 0.3) is 0 Å². The topological polar surface area (TPSA) is 70.6 Å². The first-order valence-corrected chi connectivity index (χ1v) is 7.92. The van der Waals surface area contributed by atoms with Gasteiger partial charge in [-0.15, -0.1) is 0 Å². The van der Waals surface area contributed by atoms with Crippen LogP contribution in [0.4, 0.5) is 4.39 Å². The Kier molecular flexibility index (Phi) is 5.44. The van der Waals surface area contributed by atoms with Gasteiger partial charge >= 0.3 is 7.12 Å². The van der Waals surface area contributed by atoms with E-state index in [0.717, 1.165) is 12.8 Å². The van der Waals surface area contributed by atoms with Crippen molar-refractivity contribution in [2.45, 2.75) is 53.2 Å². The maximum Gasteiger partial charge on any atom is 0.494 e. The van der Waals surface area contributed by atoms with Crippen molar-refractivity contribution in [2.75, 3.05) is 0 Å². The molecule has 1 heterocycles. The quantitative estimate of drug-likeness (QED) is 0.567. The third kappa shape index (κ3) is 3.91. The van der Waals surface area contributed by atoms with Crippen LogP contribution in [0.3, 0.4) is 0 Å². The summed E-state index contributed by atoms with van der Waals surface area (Å²) in [6, 6.07) is 3.10. The molecule has 3 N–H and O–H groups in total. The summed E-state index contributed by atoms with van der Waals surface area (Å²) < 4.78 is 19.4. The molecule has 0 saturated carbocycles. The molecule has 5 nitrogen and oxygen atoms in total. The summed E-state index contributed by atoms with van der Waals surface area (Å²) >= 11 is 0.